The number of aromatic amines is 1. The van der Waals surface area contributed by atoms with Crippen LogP contribution in [0.5, 0.6) is 0 Å². The van der Waals surface area contributed by atoms with Crippen LogP contribution in [0.15, 0.2) is 34.9 Å². The van der Waals surface area contributed by atoms with Crippen molar-refractivity contribution in [1.82, 2.24) is 20.0 Å². The zero-order chi connectivity index (χ0) is 15.0. The number of nitrogens with zero attached hydrogens (tertiary/aromatic N) is 3. The van der Waals surface area contributed by atoms with E-state index < -0.39 is 0 Å². The molecule has 1 aromatic carbocycles. The molecule has 0 aliphatic carbocycles. The van der Waals surface area contributed by atoms with Crippen LogP contribution in [0.1, 0.15) is 31.0 Å². The lowest BCUT2D eigenvalue weighted by Crippen LogP contribution is -1.99. The van der Waals surface area contributed by atoms with Crippen LogP contribution < -0.4 is 0 Å². The summed E-state index contributed by atoms with van der Waals surface area (Å²) in [5.41, 5.74) is 4.10. The molecule has 3 aromatic rings. The lowest BCUT2D eigenvalue weighted by Gasteiger charge is -2.08. The molecule has 0 saturated carbocycles. The first kappa shape index (κ1) is 13.8. The maximum absolute atomic E-state index is 5.34. The summed E-state index contributed by atoms with van der Waals surface area (Å²) < 4.78 is 7.21. The van der Waals surface area contributed by atoms with Gasteiger partial charge in [-0.1, -0.05) is 26.0 Å². The Balaban J connectivity index is 2.00. The first-order valence-electron chi connectivity index (χ1n) is 6.77. The van der Waals surface area contributed by atoms with Gasteiger partial charge in [-0.2, -0.15) is 5.10 Å². The molecule has 2 heterocycles. The van der Waals surface area contributed by atoms with Gasteiger partial charge in [0.1, 0.15) is 0 Å². The van der Waals surface area contributed by atoms with Crippen molar-refractivity contribution in [1.29, 1.82) is 0 Å². The summed E-state index contributed by atoms with van der Waals surface area (Å²) in [4.78, 5) is 0.262. The van der Waals surface area contributed by atoms with Crippen LogP contribution in [0.3, 0.4) is 0 Å². The van der Waals surface area contributed by atoms with Gasteiger partial charge in [0.25, 0.3) is 4.84 Å². The molecule has 0 aliphatic rings. The maximum atomic E-state index is 5.34. The average molecular weight is 300 g/mol. The fraction of sp³-hybridized carbons (Fsp3) is 0.267. The van der Waals surface area contributed by atoms with Gasteiger partial charge < -0.3 is 4.42 Å². The van der Waals surface area contributed by atoms with E-state index in [0.717, 1.165) is 16.9 Å². The standard InChI is InChI=1S/C15H16N4OS/c1-9(2)11-4-6-12(7-5-11)19-10(3)13(8-16-19)14-17-18-15(21)20-14/h4-9H,1-3H3,(H,18,21). The predicted molar refractivity (Wildman–Crippen MR) is 83.1 cm³/mol. The van der Waals surface area contributed by atoms with Gasteiger partial charge in [0.15, 0.2) is 0 Å². The molecule has 2 aromatic heterocycles. The van der Waals surface area contributed by atoms with E-state index in [4.69, 9.17) is 16.6 Å². The summed E-state index contributed by atoms with van der Waals surface area (Å²) in [6, 6.07) is 8.39. The van der Waals surface area contributed by atoms with Crippen LogP contribution in [-0.2, 0) is 0 Å². The molecule has 1 N–H and O–H groups in total. The number of hydrogen-bond acceptors (Lipinski definition) is 4. The minimum absolute atomic E-state index is 0.262. The van der Waals surface area contributed by atoms with Crippen LogP contribution >= 0.6 is 12.2 Å². The molecular formula is C15H16N4OS. The average Bonchev–Trinajstić information content (AvgIpc) is 3.05. The molecule has 0 saturated heterocycles. The minimum Gasteiger partial charge on any atom is -0.409 e. The highest BCUT2D eigenvalue weighted by molar-refractivity contribution is 7.71. The second-order valence-electron chi connectivity index (χ2n) is 5.22. The van der Waals surface area contributed by atoms with Gasteiger partial charge in [-0.05, 0) is 42.8 Å². The fourth-order valence-electron chi connectivity index (χ4n) is 2.23. The molecule has 0 spiro atoms. The van der Waals surface area contributed by atoms with E-state index in [1.807, 2.05) is 11.6 Å². The van der Waals surface area contributed by atoms with E-state index in [1.165, 1.54) is 5.56 Å². The fourth-order valence-corrected chi connectivity index (χ4v) is 2.35. The van der Waals surface area contributed by atoms with Gasteiger partial charge in [-0.25, -0.2) is 9.78 Å². The van der Waals surface area contributed by atoms with Crippen molar-refractivity contribution >= 4 is 12.2 Å². The molecule has 0 bridgehead atoms. The molecule has 6 heteroatoms. The number of hydrogen-bond donors (Lipinski definition) is 1. The summed E-state index contributed by atoms with van der Waals surface area (Å²) in [6.45, 7) is 6.33. The van der Waals surface area contributed by atoms with Crippen molar-refractivity contribution in [3.8, 4) is 17.1 Å². The molecule has 3 rings (SSSR count). The quantitative estimate of drug-likeness (QED) is 0.742. The summed E-state index contributed by atoms with van der Waals surface area (Å²) in [6.07, 6.45) is 1.74. The van der Waals surface area contributed by atoms with E-state index in [2.05, 4.69) is 53.4 Å². The third kappa shape index (κ3) is 2.54. The largest absolute Gasteiger partial charge is 0.409 e. The van der Waals surface area contributed by atoms with Gasteiger partial charge in [-0.15, -0.1) is 5.10 Å². The molecule has 108 valence electrons. The number of nitrogens with one attached hydrogen (secondary N) is 1. The van der Waals surface area contributed by atoms with Gasteiger partial charge in [0.2, 0.25) is 5.89 Å². The Labute approximate surface area is 127 Å². The van der Waals surface area contributed by atoms with Crippen molar-refractivity contribution in [2.45, 2.75) is 26.7 Å². The molecule has 0 radical (unpaired) electrons. The Morgan fingerprint density at radius 3 is 2.52 bits per heavy atom. The molecule has 0 aliphatic heterocycles. The molecule has 0 amide bonds. The summed E-state index contributed by atoms with van der Waals surface area (Å²) in [5.74, 6) is 0.976. The Kier molecular flexibility index (Phi) is 3.47. The van der Waals surface area contributed by atoms with Crippen molar-refractivity contribution in [2.75, 3.05) is 0 Å². The van der Waals surface area contributed by atoms with Gasteiger partial charge in [0, 0.05) is 0 Å². The zero-order valence-corrected chi connectivity index (χ0v) is 12.9. The number of rotatable bonds is 3. The van der Waals surface area contributed by atoms with Crippen molar-refractivity contribution in [3.63, 3.8) is 0 Å². The lowest BCUT2D eigenvalue weighted by molar-refractivity contribution is 0.551. The Morgan fingerprint density at radius 2 is 1.95 bits per heavy atom. The third-order valence-electron chi connectivity index (χ3n) is 3.48. The highest BCUT2D eigenvalue weighted by Crippen LogP contribution is 2.24. The first-order chi connectivity index (χ1) is 10.1. The van der Waals surface area contributed by atoms with Crippen molar-refractivity contribution in [3.05, 3.63) is 46.6 Å². The number of benzene rings is 1. The van der Waals surface area contributed by atoms with Crippen molar-refractivity contribution < 1.29 is 4.42 Å². The second-order valence-corrected chi connectivity index (χ2v) is 5.59. The van der Waals surface area contributed by atoms with E-state index in [9.17, 15) is 0 Å². The monoisotopic (exact) mass is 300 g/mol. The zero-order valence-electron chi connectivity index (χ0n) is 12.1. The van der Waals surface area contributed by atoms with Crippen LogP contribution in [-0.4, -0.2) is 20.0 Å². The SMILES string of the molecule is Cc1c(-c2n[nH]c(=S)o2)cnn1-c1ccc(C(C)C)cc1. The number of aromatic nitrogens is 4. The van der Waals surface area contributed by atoms with Crippen LogP contribution in [0, 0.1) is 11.8 Å². The summed E-state index contributed by atoms with van der Waals surface area (Å²) in [5, 5.41) is 11.1. The smallest absolute Gasteiger partial charge is 0.284 e. The highest BCUT2D eigenvalue weighted by Gasteiger charge is 2.14. The Morgan fingerprint density at radius 1 is 1.24 bits per heavy atom. The Hall–Kier alpha value is -2.21. The van der Waals surface area contributed by atoms with Crippen molar-refractivity contribution in [2.24, 2.45) is 0 Å². The normalized spacial score (nSPS) is 11.2. The molecule has 21 heavy (non-hydrogen) atoms. The van der Waals surface area contributed by atoms with E-state index >= 15 is 0 Å². The maximum Gasteiger partial charge on any atom is 0.284 e. The second kappa shape index (κ2) is 5.29. The Bertz CT molecular complexity index is 811. The highest BCUT2D eigenvalue weighted by atomic mass is 32.1. The molecule has 5 nitrogen and oxygen atoms in total. The predicted octanol–water partition coefficient (Wildman–Crippen LogP) is 4.02. The number of H-pyrrole nitrogens is 1. The third-order valence-corrected chi connectivity index (χ3v) is 3.66. The minimum atomic E-state index is 0.262. The van der Waals surface area contributed by atoms with E-state index in [1.54, 1.807) is 6.20 Å². The lowest BCUT2D eigenvalue weighted by atomic mass is 10.0. The van der Waals surface area contributed by atoms with Gasteiger partial charge >= 0.3 is 0 Å². The molecule has 0 unspecified atom stereocenters. The van der Waals surface area contributed by atoms with E-state index in [-0.39, 0.29) is 4.84 Å². The van der Waals surface area contributed by atoms with E-state index in [0.29, 0.717) is 11.8 Å². The first-order valence-corrected chi connectivity index (χ1v) is 7.18. The van der Waals surface area contributed by atoms with Crippen LogP contribution in [0.4, 0.5) is 0 Å². The topological polar surface area (TPSA) is 59.6 Å². The van der Waals surface area contributed by atoms with Gasteiger partial charge in [0.05, 0.1) is 23.1 Å². The molecule has 0 atom stereocenters. The summed E-state index contributed by atoms with van der Waals surface area (Å²) in [7, 11) is 0. The molecular weight excluding hydrogens is 284 g/mol. The molecule has 0 fully saturated rings. The van der Waals surface area contributed by atoms with Crippen LogP contribution in [0.2, 0.25) is 0 Å². The summed E-state index contributed by atoms with van der Waals surface area (Å²) >= 11 is 4.90. The van der Waals surface area contributed by atoms with Crippen LogP contribution in [0.25, 0.3) is 17.1 Å². The van der Waals surface area contributed by atoms with Gasteiger partial charge in [-0.3, -0.25) is 0 Å².